The number of H-pyrrole nitrogens is 1. The summed E-state index contributed by atoms with van der Waals surface area (Å²) in [4.78, 5) is 13.2. The number of amides is 1. The molecule has 0 radical (unpaired) electrons. The van der Waals surface area contributed by atoms with E-state index in [1.165, 1.54) is 0 Å². The van der Waals surface area contributed by atoms with E-state index in [-0.39, 0.29) is 12.5 Å². The van der Waals surface area contributed by atoms with Crippen LogP contribution < -0.4 is 5.32 Å². The molecule has 2 aromatic heterocycles. The fourth-order valence-corrected chi connectivity index (χ4v) is 4.20. The highest BCUT2D eigenvalue weighted by molar-refractivity contribution is 7.99. The molecule has 112 valence electrons. The van der Waals surface area contributed by atoms with Crippen LogP contribution in [0.25, 0.3) is 10.6 Å². The quantitative estimate of drug-likeness (QED) is 0.805. The Bertz CT molecular complexity index is 604. The Morgan fingerprint density at radius 2 is 2.29 bits per heavy atom. The molecular formula is C14H17N3O2S2. The van der Waals surface area contributed by atoms with Gasteiger partial charge in [0.05, 0.1) is 16.2 Å². The number of carbonyl (C=O) groups excluding carboxylic acids is 1. The van der Waals surface area contributed by atoms with E-state index in [9.17, 15) is 9.90 Å². The summed E-state index contributed by atoms with van der Waals surface area (Å²) >= 11 is 3.43. The van der Waals surface area contributed by atoms with Gasteiger partial charge in [0.1, 0.15) is 0 Å². The number of thiophene rings is 1. The standard InChI is InChI=1S/C14H17N3O2S2/c18-13(15-9-14(19)3-6-20-7-4-14)11-8-10(16-17-11)12-2-1-5-21-12/h1-2,5,8,19H,3-4,6-7,9H2,(H,15,18)(H,16,17). The van der Waals surface area contributed by atoms with Gasteiger partial charge in [-0.25, -0.2) is 0 Å². The third kappa shape index (κ3) is 3.48. The second-order valence-corrected chi connectivity index (χ2v) is 7.34. The number of nitrogens with zero attached hydrogens (tertiary/aromatic N) is 1. The first kappa shape index (κ1) is 14.6. The van der Waals surface area contributed by atoms with Crippen LogP contribution in [0.1, 0.15) is 23.3 Å². The van der Waals surface area contributed by atoms with Crippen LogP contribution in [0.5, 0.6) is 0 Å². The van der Waals surface area contributed by atoms with Crippen LogP contribution in [0.3, 0.4) is 0 Å². The molecule has 0 bridgehead atoms. The van der Waals surface area contributed by atoms with Gasteiger partial charge < -0.3 is 10.4 Å². The molecule has 21 heavy (non-hydrogen) atoms. The fourth-order valence-electron chi connectivity index (χ4n) is 2.26. The van der Waals surface area contributed by atoms with Crippen molar-refractivity contribution < 1.29 is 9.90 Å². The summed E-state index contributed by atoms with van der Waals surface area (Å²) in [5.74, 6) is 1.63. The van der Waals surface area contributed by atoms with Crippen molar-refractivity contribution in [1.29, 1.82) is 0 Å². The first-order valence-electron chi connectivity index (χ1n) is 6.84. The number of thioether (sulfide) groups is 1. The van der Waals surface area contributed by atoms with Crippen molar-refractivity contribution in [3.8, 4) is 10.6 Å². The van der Waals surface area contributed by atoms with Crippen molar-refractivity contribution in [3.05, 3.63) is 29.3 Å². The van der Waals surface area contributed by atoms with Crippen LogP contribution >= 0.6 is 23.1 Å². The summed E-state index contributed by atoms with van der Waals surface area (Å²) < 4.78 is 0. The van der Waals surface area contributed by atoms with Gasteiger partial charge in [0.2, 0.25) is 0 Å². The van der Waals surface area contributed by atoms with Crippen LogP contribution in [-0.4, -0.2) is 44.9 Å². The van der Waals surface area contributed by atoms with E-state index in [0.29, 0.717) is 5.69 Å². The van der Waals surface area contributed by atoms with Gasteiger partial charge in [-0.15, -0.1) is 11.3 Å². The third-order valence-corrected chi connectivity index (χ3v) is 5.49. The van der Waals surface area contributed by atoms with E-state index >= 15 is 0 Å². The Balaban J connectivity index is 1.61. The minimum absolute atomic E-state index is 0.249. The first-order valence-corrected chi connectivity index (χ1v) is 8.87. The summed E-state index contributed by atoms with van der Waals surface area (Å²) in [6, 6.07) is 5.67. The highest BCUT2D eigenvalue weighted by Gasteiger charge is 2.30. The molecule has 0 saturated carbocycles. The van der Waals surface area contributed by atoms with Gasteiger partial charge in [0, 0.05) is 6.54 Å². The van der Waals surface area contributed by atoms with E-state index in [1.807, 2.05) is 29.3 Å². The Morgan fingerprint density at radius 1 is 1.48 bits per heavy atom. The predicted octanol–water partition coefficient (Wildman–Crippen LogP) is 2.13. The topological polar surface area (TPSA) is 78.0 Å². The Morgan fingerprint density at radius 3 is 3.00 bits per heavy atom. The highest BCUT2D eigenvalue weighted by atomic mass is 32.2. The van der Waals surface area contributed by atoms with Crippen LogP contribution in [0, 0.1) is 0 Å². The van der Waals surface area contributed by atoms with E-state index in [2.05, 4.69) is 15.5 Å². The minimum atomic E-state index is -0.770. The van der Waals surface area contributed by atoms with Gasteiger partial charge in [0.25, 0.3) is 5.91 Å². The summed E-state index contributed by atoms with van der Waals surface area (Å²) in [6.07, 6.45) is 1.44. The molecule has 5 nitrogen and oxygen atoms in total. The van der Waals surface area contributed by atoms with Gasteiger partial charge in [-0.3, -0.25) is 9.89 Å². The second kappa shape index (κ2) is 6.21. The number of nitrogens with one attached hydrogen (secondary N) is 2. The summed E-state index contributed by atoms with van der Waals surface area (Å²) in [5.41, 5.74) is 0.420. The maximum absolute atomic E-state index is 12.1. The molecule has 0 aromatic carbocycles. The zero-order valence-corrected chi connectivity index (χ0v) is 13.1. The lowest BCUT2D eigenvalue weighted by molar-refractivity contribution is 0.0310. The molecule has 1 amide bonds. The van der Waals surface area contributed by atoms with Crippen LogP contribution in [0.15, 0.2) is 23.6 Å². The van der Waals surface area contributed by atoms with Gasteiger partial charge in [-0.1, -0.05) is 6.07 Å². The predicted molar refractivity (Wildman–Crippen MR) is 85.7 cm³/mol. The van der Waals surface area contributed by atoms with Crippen molar-refractivity contribution in [3.63, 3.8) is 0 Å². The van der Waals surface area contributed by atoms with Gasteiger partial charge in [-0.05, 0) is 41.9 Å². The Labute approximate surface area is 131 Å². The second-order valence-electron chi connectivity index (χ2n) is 5.16. The minimum Gasteiger partial charge on any atom is -0.388 e. The maximum Gasteiger partial charge on any atom is 0.271 e. The average molecular weight is 323 g/mol. The van der Waals surface area contributed by atoms with Gasteiger partial charge >= 0.3 is 0 Å². The van der Waals surface area contributed by atoms with E-state index in [0.717, 1.165) is 34.9 Å². The van der Waals surface area contributed by atoms with Crippen molar-refractivity contribution in [2.24, 2.45) is 0 Å². The molecule has 0 atom stereocenters. The molecule has 1 aliphatic rings. The molecular weight excluding hydrogens is 306 g/mol. The van der Waals surface area contributed by atoms with E-state index in [1.54, 1.807) is 17.4 Å². The molecule has 1 aliphatic heterocycles. The van der Waals surface area contributed by atoms with Crippen LogP contribution in [-0.2, 0) is 0 Å². The Hall–Kier alpha value is -1.31. The molecule has 1 saturated heterocycles. The number of rotatable bonds is 4. The number of hydrogen-bond donors (Lipinski definition) is 3. The van der Waals surface area contributed by atoms with Crippen molar-refractivity contribution in [2.45, 2.75) is 18.4 Å². The number of hydrogen-bond acceptors (Lipinski definition) is 5. The lowest BCUT2D eigenvalue weighted by Crippen LogP contribution is -2.45. The summed E-state index contributed by atoms with van der Waals surface area (Å²) in [6.45, 7) is 0.285. The number of aliphatic hydroxyl groups is 1. The zero-order chi connectivity index (χ0) is 14.7. The van der Waals surface area contributed by atoms with Crippen molar-refractivity contribution in [2.75, 3.05) is 18.1 Å². The number of aromatic nitrogens is 2. The fraction of sp³-hybridized carbons (Fsp3) is 0.429. The number of carbonyl (C=O) groups is 1. The van der Waals surface area contributed by atoms with Crippen molar-refractivity contribution >= 4 is 29.0 Å². The largest absolute Gasteiger partial charge is 0.388 e. The lowest BCUT2D eigenvalue weighted by Gasteiger charge is -2.31. The summed E-state index contributed by atoms with van der Waals surface area (Å²) in [7, 11) is 0. The van der Waals surface area contributed by atoms with Gasteiger partial charge in [0.15, 0.2) is 5.69 Å². The van der Waals surface area contributed by atoms with E-state index in [4.69, 9.17) is 0 Å². The molecule has 2 aromatic rings. The van der Waals surface area contributed by atoms with Gasteiger partial charge in [-0.2, -0.15) is 16.9 Å². The van der Waals surface area contributed by atoms with Crippen LogP contribution in [0.2, 0.25) is 0 Å². The molecule has 3 heterocycles. The maximum atomic E-state index is 12.1. The van der Waals surface area contributed by atoms with Crippen molar-refractivity contribution in [1.82, 2.24) is 15.5 Å². The monoisotopic (exact) mass is 323 g/mol. The zero-order valence-electron chi connectivity index (χ0n) is 11.5. The molecule has 0 unspecified atom stereocenters. The normalized spacial score (nSPS) is 17.6. The highest BCUT2D eigenvalue weighted by Crippen LogP contribution is 2.26. The lowest BCUT2D eigenvalue weighted by atomic mass is 9.97. The smallest absolute Gasteiger partial charge is 0.271 e. The third-order valence-electron chi connectivity index (χ3n) is 3.60. The summed E-state index contributed by atoms with van der Waals surface area (Å²) in [5, 5.41) is 22.0. The molecule has 3 rings (SSSR count). The van der Waals surface area contributed by atoms with E-state index < -0.39 is 5.60 Å². The molecule has 3 N–H and O–H groups in total. The number of aromatic amines is 1. The average Bonchev–Trinajstić information content (AvgIpc) is 3.16. The Kier molecular flexibility index (Phi) is 4.32. The molecule has 7 heteroatoms. The molecule has 1 fully saturated rings. The first-order chi connectivity index (χ1) is 10.2. The molecule has 0 spiro atoms. The van der Waals surface area contributed by atoms with Crippen LogP contribution in [0.4, 0.5) is 0 Å². The molecule has 0 aliphatic carbocycles. The SMILES string of the molecule is O=C(NCC1(O)CCSCC1)c1cc(-c2cccs2)[nH]n1.